The molecule has 1 aliphatic rings. The van der Waals surface area contributed by atoms with Gasteiger partial charge in [0.2, 0.25) is 0 Å². The molecular weight excluding hydrogens is 192 g/mol. The Bertz CT molecular complexity index is 328. The average molecular weight is 216 g/mol. The standard InChI is InChI=1S/C16H24/c1-4-14(3)16(11-5-6-12-16)15-9-7-13(2)8-10-15/h7-10,14H,4-6,11-12H2,1-3H3. The van der Waals surface area contributed by atoms with Crippen molar-refractivity contribution in [3.05, 3.63) is 35.4 Å². The highest BCUT2D eigenvalue weighted by Gasteiger charge is 2.39. The van der Waals surface area contributed by atoms with Gasteiger partial charge in [-0.05, 0) is 36.7 Å². The van der Waals surface area contributed by atoms with Gasteiger partial charge in [0, 0.05) is 0 Å². The number of rotatable bonds is 3. The molecule has 0 heterocycles. The zero-order valence-corrected chi connectivity index (χ0v) is 10.9. The second kappa shape index (κ2) is 4.61. The minimum atomic E-state index is 0.489. The quantitative estimate of drug-likeness (QED) is 0.677. The second-order valence-electron chi connectivity index (χ2n) is 5.54. The Hall–Kier alpha value is -0.780. The molecule has 0 aliphatic heterocycles. The minimum Gasteiger partial charge on any atom is -0.0651 e. The fourth-order valence-corrected chi connectivity index (χ4v) is 3.35. The average Bonchev–Trinajstić information content (AvgIpc) is 2.79. The summed E-state index contributed by atoms with van der Waals surface area (Å²) in [5, 5.41) is 0. The van der Waals surface area contributed by atoms with E-state index in [-0.39, 0.29) is 0 Å². The largest absolute Gasteiger partial charge is 0.0651 e. The predicted octanol–water partition coefficient (Wildman–Crippen LogP) is 4.85. The van der Waals surface area contributed by atoms with Gasteiger partial charge >= 0.3 is 0 Å². The molecule has 1 unspecified atom stereocenters. The van der Waals surface area contributed by atoms with Gasteiger partial charge in [-0.3, -0.25) is 0 Å². The summed E-state index contributed by atoms with van der Waals surface area (Å²) in [6.07, 6.45) is 6.92. The monoisotopic (exact) mass is 216 g/mol. The third-order valence-electron chi connectivity index (χ3n) is 4.68. The van der Waals surface area contributed by atoms with E-state index in [9.17, 15) is 0 Å². The van der Waals surface area contributed by atoms with Crippen molar-refractivity contribution in [1.29, 1.82) is 0 Å². The summed E-state index contributed by atoms with van der Waals surface area (Å²) in [6, 6.07) is 9.29. The lowest BCUT2D eigenvalue weighted by atomic mass is 9.68. The van der Waals surface area contributed by atoms with E-state index in [0.29, 0.717) is 5.41 Å². The Balaban J connectivity index is 2.35. The van der Waals surface area contributed by atoms with Crippen LogP contribution in [0.3, 0.4) is 0 Å². The van der Waals surface area contributed by atoms with E-state index in [2.05, 4.69) is 45.0 Å². The highest BCUT2D eigenvalue weighted by molar-refractivity contribution is 5.30. The summed E-state index contributed by atoms with van der Waals surface area (Å²) in [6.45, 7) is 6.94. The van der Waals surface area contributed by atoms with Crippen LogP contribution in [0.15, 0.2) is 24.3 Å². The van der Waals surface area contributed by atoms with Crippen LogP contribution >= 0.6 is 0 Å². The van der Waals surface area contributed by atoms with Gasteiger partial charge in [0.05, 0.1) is 0 Å². The lowest BCUT2D eigenvalue weighted by Crippen LogP contribution is -2.30. The fraction of sp³-hybridized carbons (Fsp3) is 0.625. The second-order valence-corrected chi connectivity index (χ2v) is 5.54. The molecule has 1 fully saturated rings. The molecular formula is C16H24. The maximum atomic E-state index is 2.44. The zero-order chi connectivity index (χ0) is 11.6. The molecule has 1 aromatic rings. The summed E-state index contributed by atoms with van der Waals surface area (Å²) in [5.74, 6) is 0.817. The first-order valence-corrected chi connectivity index (χ1v) is 6.76. The Morgan fingerprint density at radius 1 is 1.12 bits per heavy atom. The molecule has 1 saturated carbocycles. The first kappa shape index (κ1) is 11.7. The van der Waals surface area contributed by atoms with Crippen molar-refractivity contribution < 1.29 is 0 Å². The molecule has 88 valence electrons. The molecule has 0 bridgehead atoms. The van der Waals surface area contributed by atoms with Gasteiger partial charge < -0.3 is 0 Å². The lowest BCUT2D eigenvalue weighted by Gasteiger charge is -2.36. The Morgan fingerprint density at radius 2 is 1.69 bits per heavy atom. The Morgan fingerprint density at radius 3 is 2.19 bits per heavy atom. The maximum Gasteiger partial charge on any atom is -0.00215 e. The SMILES string of the molecule is CCC(C)C1(c2ccc(C)cc2)CCCC1. The molecule has 1 atom stereocenters. The van der Waals surface area contributed by atoms with Crippen molar-refractivity contribution in [1.82, 2.24) is 0 Å². The first-order valence-electron chi connectivity index (χ1n) is 6.76. The molecule has 0 amide bonds. The van der Waals surface area contributed by atoms with Crippen LogP contribution in [0.5, 0.6) is 0 Å². The molecule has 0 saturated heterocycles. The van der Waals surface area contributed by atoms with Crippen molar-refractivity contribution >= 4 is 0 Å². The topological polar surface area (TPSA) is 0 Å². The third kappa shape index (κ3) is 1.90. The highest BCUT2D eigenvalue weighted by Crippen LogP contribution is 2.47. The molecule has 0 radical (unpaired) electrons. The van der Waals surface area contributed by atoms with Crippen LogP contribution in [-0.4, -0.2) is 0 Å². The van der Waals surface area contributed by atoms with E-state index in [1.54, 1.807) is 5.56 Å². The lowest BCUT2D eigenvalue weighted by molar-refractivity contribution is 0.285. The van der Waals surface area contributed by atoms with Crippen LogP contribution in [0.2, 0.25) is 0 Å². The molecule has 1 aliphatic carbocycles. The Kier molecular flexibility index (Phi) is 3.37. The molecule has 0 aromatic heterocycles. The predicted molar refractivity (Wildman–Crippen MR) is 70.8 cm³/mol. The first-order chi connectivity index (χ1) is 7.69. The van der Waals surface area contributed by atoms with Crippen LogP contribution in [-0.2, 0) is 5.41 Å². The van der Waals surface area contributed by atoms with Crippen LogP contribution < -0.4 is 0 Å². The van der Waals surface area contributed by atoms with Crippen LogP contribution in [0.25, 0.3) is 0 Å². The van der Waals surface area contributed by atoms with Crippen molar-refractivity contribution in [3.63, 3.8) is 0 Å². The van der Waals surface area contributed by atoms with E-state index in [4.69, 9.17) is 0 Å². The maximum absolute atomic E-state index is 2.44. The van der Waals surface area contributed by atoms with E-state index >= 15 is 0 Å². The van der Waals surface area contributed by atoms with Crippen molar-refractivity contribution in [3.8, 4) is 0 Å². The third-order valence-corrected chi connectivity index (χ3v) is 4.68. The molecule has 16 heavy (non-hydrogen) atoms. The summed E-state index contributed by atoms with van der Waals surface area (Å²) < 4.78 is 0. The molecule has 0 N–H and O–H groups in total. The smallest absolute Gasteiger partial charge is 0.00215 e. The van der Waals surface area contributed by atoms with Crippen LogP contribution in [0.4, 0.5) is 0 Å². The van der Waals surface area contributed by atoms with Gasteiger partial charge in [0.1, 0.15) is 0 Å². The van der Waals surface area contributed by atoms with Crippen LogP contribution in [0.1, 0.15) is 57.1 Å². The normalized spacial score (nSPS) is 20.9. The van der Waals surface area contributed by atoms with E-state index in [0.717, 1.165) is 5.92 Å². The Labute approximate surface area is 100 Å². The van der Waals surface area contributed by atoms with E-state index < -0.39 is 0 Å². The van der Waals surface area contributed by atoms with Gasteiger partial charge in [-0.15, -0.1) is 0 Å². The number of benzene rings is 1. The van der Waals surface area contributed by atoms with Gasteiger partial charge in [-0.2, -0.15) is 0 Å². The van der Waals surface area contributed by atoms with Gasteiger partial charge in [-0.25, -0.2) is 0 Å². The van der Waals surface area contributed by atoms with Crippen molar-refractivity contribution in [2.45, 2.75) is 58.3 Å². The van der Waals surface area contributed by atoms with Crippen LogP contribution in [0, 0.1) is 12.8 Å². The zero-order valence-electron chi connectivity index (χ0n) is 10.9. The molecule has 0 spiro atoms. The summed E-state index contributed by atoms with van der Waals surface area (Å²) in [4.78, 5) is 0. The highest BCUT2D eigenvalue weighted by atomic mass is 14.4. The van der Waals surface area contributed by atoms with E-state index in [1.165, 1.54) is 37.7 Å². The van der Waals surface area contributed by atoms with Crippen molar-refractivity contribution in [2.75, 3.05) is 0 Å². The minimum absolute atomic E-state index is 0.489. The van der Waals surface area contributed by atoms with Gasteiger partial charge in [-0.1, -0.05) is 62.9 Å². The molecule has 2 rings (SSSR count). The van der Waals surface area contributed by atoms with Gasteiger partial charge in [0.15, 0.2) is 0 Å². The van der Waals surface area contributed by atoms with Crippen molar-refractivity contribution in [2.24, 2.45) is 5.92 Å². The van der Waals surface area contributed by atoms with Gasteiger partial charge in [0.25, 0.3) is 0 Å². The molecule has 1 aromatic carbocycles. The number of hydrogen-bond donors (Lipinski definition) is 0. The molecule has 0 heteroatoms. The summed E-state index contributed by atoms with van der Waals surface area (Å²) >= 11 is 0. The molecule has 0 nitrogen and oxygen atoms in total. The fourth-order valence-electron chi connectivity index (χ4n) is 3.35. The number of aryl methyl sites for hydroxylation is 1. The summed E-state index contributed by atoms with van der Waals surface area (Å²) in [7, 11) is 0. The van der Waals surface area contributed by atoms with E-state index in [1.807, 2.05) is 0 Å². The number of hydrogen-bond acceptors (Lipinski definition) is 0. The summed E-state index contributed by atoms with van der Waals surface area (Å²) in [5.41, 5.74) is 3.45.